The Morgan fingerprint density at radius 1 is 1.15 bits per heavy atom. The predicted octanol–water partition coefficient (Wildman–Crippen LogP) is 2.08. The summed E-state index contributed by atoms with van der Waals surface area (Å²) < 4.78 is 0. The maximum absolute atomic E-state index is 12.6. The number of benzene rings is 2. The lowest BCUT2D eigenvalue weighted by molar-refractivity contribution is -0.127. The molecule has 0 saturated heterocycles. The summed E-state index contributed by atoms with van der Waals surface area (Å²) in [5, 5.41) is 3.04. The van der Waals surface area contributed by atoms with E-state index in [4.69, 9.17) is 5.73 Å². The van der Waals surface area contributed by atoms with Crippen LogP contribution in [0.15, 0.2) is 48.5 Å². The smallest absolute Gasteiger partial charge is 0.235 e. The average molecular weight is 351 g/mol. The first kappa shape index (κ1) is 18.1. The molecule has 5 nitrogen and oxygen atoms in total. The number of carbonyl (C=O) groups is 2. The van der Waals surface area contributed by atoms with Crippen LogP contribution in [0.1, 0.15) is 35.2 Å². The summed E-state index contributed by atoms with van der Waals surface area (Å²) in [6, 6.07) is 15.4. The Morgan fingerprint density at radius 2 is 1.81 bits per heavy atom. The summed E-state index contributed by atoms with van der Waals surface area (Å²) in [5.41, 5.74) is 10.1. The van der Waals surface area contributed by atoms with Gasteiger partial charge in [0.1, 0.15) is 0 Å². The summed E-state index contributed by atoms with van der Waals surface area (Å²) in [7, 11) is 0. The van der Waals surface area contributed by atoms with Gasteiger partial charge >= 0.3 is 0 Å². The van der Waals surface area contributed by atoms with Crippen LogP contribution in [0.3, 0.4) is 0 Å². The highest BCUT2D eigenvalue weighted by molar-refractivity contribution is 5.83. The third-order valence-electron chi connectivity index (χ3n) is 5.05. The average Bonchev–Trinajstić information content (AvgIpc) is 2.61. The Bertz CT molecular complexity index is 818. The third kappa shape index (κ3) is 3.94. The summed E-state index contributed by atoms with van der Waals surface area (Å²) >= 11 is 0. The maximum Gasteiger partial charge on any atom is 0.235 e. The first-order valence-electron chi connectivity index (χ1n) is 8.90. The molecule has 0 spiro atoms. The molecule has 0 aromatic heterocycles. The van der Waals surface area contributed by atoms with E-state index in [9.17, 15) is 9.59 Å². The van der Waals surface area contributed by atoms with Crippen LogP contribution in [0.25, 0.3) is 0 Å². The molecular weight excluding hydrogens is 326 g/mol. The lowest BCUT2D eigenvalue weighted by Gasteiger charge is -2.34. The number of amides is 2. The fraction of sp³-hybridized carbons (Fsp3) is 0.333. The number of rotatable bonds is 5. The molecule has 0 aliphatic carbocycles. The monoisotopic (exact) mass is 351 g/mol. The largest absolute Gasteiger partial charge is 0.368 e. The Morgan fingerprint density at radius 3 is 2.50 bits per heavy atom. The van der Waals surface area contributed by atoms with Gasteiger partial charge in [0.15, 0.2) is 0 Å². The second-order valence-electron chi connectivity index (χ2n) is 6.94. The number of nitrogens with zero attached hydrogens (tertiary/aromatic N) is 1. The van der Waals surface area contributed by atoms with Gasteiger partial charge in [-0.05, 0) is 42.5 Å². The molecule has 3 rings (SSSR count). The van der Waals surface area contributed by atoms with E-state index < -0.39 is 6.04 Å². The van der Waals surface area contributed by atoms with Gasteiger partial charge in [0.05, 0.1) is 18.6 Å². The molecule has 0 fully saturated rings. The van der Waals surface area contributed by atoms with Gasteiger partial charge in [-0.15, -0.1) is 0 Å². The van der Waals surface area contributed by atoms with Crippen LogP contribution < -0.4 is 11.1 Å². The van der Waals surface area contributed by atoms with Crippen molar-refractivity contribution in [1.82, 2.24) is 10.2 Å². The number of hydrogen-bond donors (Lipinski definition) is 2. The highest BCUT2D eigenvalue weighted by atomic mass is 16.2. The molecule has 0 saturated carbocycles. The first-order valence-corrected chi connectivity index (χ1v) is 8.90. The Labute approximate surface area is 154 Å². The number of primary amides is 1. The molecule has 26 heavy (non-hydrogen) atoms. The van der Waals surface area contributed by atoms with Crippen molar-refractivity contribution in [3.8, 4) is 0 Å². The molecule has 2 atom stereocenters. The molecule has 136 valence electrons. The molecule has 1 heterocycles. The Hall–Kier alpha value is -2.66. The van der Waals surface area contributed by atoms with Gasteiger partial charge in [-0.3, -0.25) is 14.5 Å². The van der Waals surface area contributed by atoms with Gasteiger partial charge in [0.2, 0.25) is 11.8 Å². The molecule has 1 aliphatic heterocycles. The molecule has 2 aromatic rings. The molecule has 0 radical (unpaired) electrons. The number of nitrogens with two attached hydrogens (primary N) is 1. The number of aryl methyl sites for hydroxylation is 1. The standard InChI is InChI=1S/C21H25N3O2/c1-14-7-3-6-10-18(14)15(2)23-20(25)13-24-12-17-9-5-4-8-16(17)11-19(24)21(22)26/h3-10,15,19H,11-13H2,1-2H3,(H2,22,26)(H,23,25)/t15-,19-/m0/s1. The van der Waals surface area contributed by atoms with E-state index in [0.29, 0.717) is 13.0 Å². The number of hydrogen-bond acceptors (Lipinski definition) is 3. The van der Waals surface area contributed by atoms with Crippen molar-refractivity contribution in [1.29, 1.82) is 0 Å². The quantitative estimate of drug-likeness (QED) is 0.866. The minimum atomic E-state index is -0.454. The zero-order valence-electron chi connectivity index (χ0n) is 15.2. The van der Waals surface area contributed by atoms with Crippen molar-refractivity contribution in [3.63, 3.8) is 0 Å². The fourth-order valence-electron chi connectivity index (χ4n) is 3.65. The normalized spacial score (nSPS) is 18.0. The molecule has 3 N–H and O–H groups in total. The van der Waals surface area contributed by atoms with Crippen LogP contribution in [0, 0.1) is 6.92 Å². The van der Waals surface area contributed by atoms with Crippen molar-refractivity contribution < 1.29 is 9.59 Å². The highest BCUT2D eigenvalue weighted by Crippen LogP contribution is 2.23. The van der Waals surface area contributed by atoms with Crippen molar-refractivity contribution in [3.05, 3.63) is 70.8 Å². The van der Waals surface area contributed by atoms with E-state index in [1.807, 2.05) is 67.3 Å². The summed E-state index contributed by atoms with van der Waals surface area (Å²) in [4.78, 5) is 26.3. The van der Waals surface area contributed by atoms with Crippen molar-refractivity contribution in [2.24, 2.45) is 5.73 Å². The Balaban J connectivity index is 1.69. The minimum Gasteiger partial charge on any atom is -0.368 e. The fourth-order valence-corrected chi connectivity index (χ4v) is 3.65. The van der Waals surface area contributed by atoms with E-state index in [1.165, 1.54) is 0 Å². The molecular formula is C21H25N3O2. The van der Waals surface area contributed by atoms with E-state index in [-0.39, 0.29) is 24.4 Å². The molecule has 2 amide bonds. The van der Waals surface area contributed by atoms with Gasteiger partial charge in [-0.2, -0.15) is 0 Å². The third-order valence-corrected chi connectivity index (χ3v) is 5.05. The summed E-state index contributed by atoms with van der Waals surface area (Å²) in [5.74, 6) is -0.495. The van der Waals surface area contributed by atoms with Gasteiger partial charge < -0.3 is 11.1 Å². The van der Waals surface area contributed by atoms with Crippen molar-refractivity contribution >= 4 is 11.8 Å². The van der Waals surface area contributed by atoms with Crippen LogP contribution in [-0.2, 0) is 22.6 Å². The molecule has 0 bridgehead atoms. The first-order chi connectivity index (χ1) is 12.5. The number of carbonyl (C=O) groups excluding carboxylic acids is 2. The van der Waals surface area contributed by atoms with Crippen molar-refractivity contribution in [2.45, 2.75) is 38.9 Å². The zero-order chi connectivity index (χ0) is 18.7. The topological polar surface area (TPSA) is 75.4 Å². The molecule has 1 aliphatic rings. The van der Waals surface area contributed by atoms with Crippen molar-refractivity contribution in [2.75, 3.05) is 6.54 Å². The zero-order valence-corrected chi connectivity index (χ0v) is 15.2. The van der Waals surface area contributed by atoms with Crippen LogP contribution >= 0.6 is 0 Å². The van der Waals surface area contributed by atoms with Gasteiger partial charge in [-0.1, -0.05) is 48.5 Å². The molecule has 2 aromatic carbocycles. The van der Waals surface area contributed by atoms with E-state index >= 15 is 0 Å². The second-order valence-corrected chi connectivity index (χ2v) is 6.94. The molecule has 0 unspecified atom stereocenters. The summed E-state index contributed by atoms with van der Waals surface area (Å²) in [6.07, 6.45) is 0.548. The Kier molecular flexibility index (Phi) is 5.38. The van der Waals surface area contributed by atoms with Gasteiger partial charge in [0.25, 0.3) is 0 Å². The predicted molar refractivity (Wildman–Crippen MR) is 101 cm³/mol. The lowest BCUT2D eigenvalue weighted by atomic mass is 9.93. The lowest BCUT2D eigenvalue weighted by Crippen LogP contribution is -2.51. The van der Waals surface area contributed by atoms with E-state index in [2.05, 4.69) is 5.32 Å². The number of fused-ring (bicyclic) bond motifs is 1. The van der Waals surface area contributed by atoms with E-state index in [1.54, 1.807) is 0 Å². The number of nitrogens with one attached hydrogen (secondary N) is 1. The van der Waals surface area contributed by atoms with Crippen LogP contribution in [-0.4, -0.2) is 29.3 Å². The SMILES string of the molecule is Cc1ccccc1[C@H](C)NC(=O)CN1Cc2ccccc2C[C@H]1C(N)=O. The second kappa shape index (κ2) is 7.70. The summed E-state index contributed by atoms with van der Waals surface area (Å²) in [6.45, 7) is 4.70. The minimum absolute atomic E-state index is 0.0900. The van der Waals surface area contributed by atoms with Crippen LogP contribution in [0.5, 0.6) is 0 Å². The van der Waals surface area contributed by atoms with Gasteiger partial charge in [-0.25, -0.2) is 0 Å². The van der Waals surface area contributed by atoms with Crippen LogP contribution in [0.4, 0.5) is 0 Å². The van der Waals surface area contributed by atoms with Crippen LogP contribution in [0.2, 0.25) is 0 Å². The maximum atomic E-state index is 12.6. The van der Waals surface area contributed by atoms with Gasteiger partial charge in [0, 0.05) is 6.54 Å². The molecule has 5 heteroatoms. The highest BCUT2D eigenvalue weighted by Gasteiger charge is 2.31. The van der Waals surface area contributed by atoms with E-state index in [0.717, 1.165) is 22.3 Å².